The van der Waals surface area contributed by atoms with E-state index >= 15 is 0 Å². The number of hydrogen-bond donors (Lipinski definition) is 2. The molecular weight excluding hydrogens is 414 g/mol. The highest BCUT2D eigenvalue weighted by atomic mass is 16.5. The number of nitrogens with one attached hydrogen (secondary N) is 1. The summed E-state index contributed by atoms with van der Waals surface area (Å²) in [6.07, 6.45) is -0.704. The highest BCUT2D eigenvalue weighted by Crippen LogP contribution is 2.44. The Morgan fingerprint density at radius 3 is 2.06 bits per heavy atom. The minimum atomic E-state index is -0.734. The summed E-state index contributed by atoms with van der Waals surface area (Å²) in [7, 11) is 0. The summed E-state index contributed by atoms with van der Waals surface area (Å²) < 4.78 is 11.4. The standard InChI is InChI=1S/C28H31NO4/c1-4-26(30)27(19-13-15-20(16-14-19)33-18(2)3)29-28(31)32-17-25-23-11-7-5-9-21(23)22-10-6-8-12-24(22)25/h5-16,18,25-27,30H,4,17H2,1-3H3,(H,29,31). The highest BCUT2D eigenvalue weighted by Gasteiger charge is 2.30. The van der Waals surface area contributed by atoms with Gasteiger partial charge < -0.3 is 19.9 Å². The third-order valence-electron chi connectivity index (χ3n) is 6.03. The van der Waals surface area contributed by atoms with Crippen molar-refractivity contribution in [3.8, 4) is 16.9 Å². The largest absolute Gasteiger partial charge is 0.491 e. The van der Waals surface area contributed by atoms with Gasteiger partial charge in [0.1, 0.15) is 12.4 Å². The number of carbonyl (C=O) groups excluding carboxylic acids is 1. The Morgan fingerprint density at radius 2 is 1.52 bits per heavy atom. The molecule has 0 bridgehead atoms. The number of benzene rings is 3. The van der Waals surface area contributed by atoms with Crippen LogP contribution in [0.2, 0.25) is 0 Å². The van der Waals surface area contributed by atoms with Crippen LogP contribution in [-0.2, 0) is 4.74 Å². The lowest BCUT2D eigenvalue weighted by molar-refractivity contribution is 0.101. The van der Waals surface area contributed by atoms with E-state index in [-0.39, 0.29) is 18.6 Å². The van der Waals surface area contributed by atoms with Gasteiger partial charge in [0.25, 0.3) is 0 Å². The summed E-state index contributed by atoms with van der Waals surface area (Å²) >= 11 is 0. The van der Waals surface area contributed by atoms with Crippen molar-refractivity contribution in [2.24, 2.45) is 0 Å². The summed E-state index contributed by atoms with van der Waals surface area (Å²) in [4.78, 5) is 12.8. The van der Waals surface area contributed by atoms with Crippen molar-refractivity contribution in [3.63, 3.8) is 0 Å². The number of amides is 1. The molecule has 2 N–H and O–H groups in total. The van der Waals surface area contributed by atoms with Crippen LogP contribution < -0.4 is 10.1 Å². The van der Waals surface area contributed by atoms with Gasteiger partial charge in [0.2, 0.25) is 0 Å². The van der Waals surface area contributed by atoms with Crippen LogP contribution >= 0.6 is 0 Å². The van der Waals surface area contributed by atoms with Crippen molar-refractivity contribution in [1.82, 2.24) is 5.32 Å². The predicted octanol–water partition coefficient (Wildman–Crippen LogP) is 5.82. The van der Waals surface area contributed by atoms with Crippen LogP contribution in [0.15, 0.2) is 72.8 Å². The number of aliphatic hydroxyl groups excluding tert-OH is 1. The lowest BCUT2D eigenvalue weighted by Crippen LogP contribution is -2.37. The average molecular weight is 446 g/mol. The van der Waals surface area contributed by atoms with Crippen LogP contribution in [0, 0.1) is 0 Å². The smallest absolute Gasteiger partial charge is 0.407 e. The number of alkyl carbamates (subject to hydrolysis) is 1. The molecule has 5 heteroatoms. The second kappa shape index (κ2) is 10.1. The first-order chi connectivity index (χ1) is 16.0. The Labute approximate surface area is 195 Å². The minimum Gasteiger partial charge on any atom is -0.491 e. The molecule has 0 spiro atoms. The van der Waals surface area contributed by atoms with Crippen LogP contribution in [-0.4, -0.2) is 30.0 Å². The van der Waals surface area contributed by atoms with E-state index in [2.05, 4.69) is 29.6 Å². The van der Waals surface area contributed by atoms with Gasteiger partial charge in [-0.2, -0.15) is 0 Å². The van der Waals surface area contributed by atoms with E-state index in [0.29, 0.717) is 6.42 Å². The van der Waals surface area contributed by atoms with Crippen molar-refractivity contribution >= 4 is 6.09 Å². The van der Waals surface area contributed by atoms with E-state index in [1.807, 2.05) is 69.3 Å². The molecule has 0 aliphatic heterocycles. The number of hydrogen-bond acceptors (Lipinski definition) is 4. The Hall–Kier alpha value is -3.31. The molecule has 172 valence electrons. The first kappa shape index (κ1) is 22.9. The van der Waals surface area contributed by atoms with Crippen LogP contribution in [0.1, 0.15) is 55.8 Å². The average Bonchev–Trinajstić information content (AvgIpc) is 3.15. The normalized spacial score (nSPS) is 14.3. The van der Waals surface area contributed by atoms with Crippen LogP contribution in [0.3, 0.4) is 0 Å². The molecule has 3 aromatic carbocycles. The topological polar surface area (TPSA) is 67.8 Å². The molecule has 1 aliphatic carbocycles. The lowest BCUT2D eigenvalue weighted by atomic mass is 9.98. The molecule has 0 radical (unpaired) electrons. The molecule has 4 rings (SSSR count). The van der Waals surface area contributed by atoms with Crippen molar-refractivity contribution in [2.75, 3.05) is 6.61 Å². The van der Waals surface area contributed by atoms with Gasteiger partial charge in [0.05, 0.1) is 18.2 Å². The van der Waals surface area contributed by atoms with Crippen molar-refractivity contribution in [1.29, 1.82) is 0 Å². The number of fused-ring (bicyclic) bond motifs is 3. The van der Waals surface area contributed by atoms with Gasteiger partial charge in [-0.15, -0.1) is 0 Å². The molecule has 3 aromatic rings. The number of ether oxygens (including phenoxy) is 2. The van der Waals surface area contributed by atoms with E-state index in [1.54, 1.807) is 0 Å². The Bertz CT molecular complexity index is 1050. The van der Waals surface area contributed by atoms with Crippen LogP contribution in [0.25, 0.3) is 11.1 Å². The molecule has 1 aliphatic rings. The van der Waals surface area contributed by atoms with Gasteiger partial charge in [-0.05, 0) is 60.2 Å². The number of rotatable bonds is 8. The zero-order chi connectivity index (χ0) is 23.4. The summed E-state index contributed by atoms with van der Waals surface area (Å²) in [6, 6.07) is 23.3. The molecular formula is C28H31NO4. The quantitative estimate of drug-likeness (QED) is 0.458. The third-order valence-corrected chi connectivity index (χ3v) is 6.03. The molecule has 2 unspecified atom stereocenters. The van der Waals surface area contributed by atoms with Gasteiger partial charge in [0, 0.05) is 5.92 Å². The fraction of sp³-hybridized carbons (Fsp3) is 0.321. The number of aliphatic hydroxyl groups is 1. The van der Waals surface area contributed by atoms with Gasteiger partial charge >= 0.3 is 6.09 Å². The maximum absolute atomic E-state index is 12.8. The van der Waals surface area contributed by atoms with E-state index in [1.165, 1.54) is 11.1 Å². The summed E-state index contributed by atoms with van der Waals surface area (Å²) in [5.74, 6) is 0.741. The molecule has 0 saturated heterocycles. The fourth-order valence-electron chi connectivity index (χ4n) is 4.43. The molecule has 0 fully saturated rings. The first-order valence-electron chi connectivity index (χ1n) is 11.5. The van der Waals surface area contributed by atoms with E-state index in [0.717, 1.165) is 22.4 Å². The van der Waals surface area contributed by atoms with Crippen molar-refractivity contribution in [3.05, 3.63) is 89.5 Å². The Balaban J connectivity index is 1.45. The summed E-state index contributed by atoms with van der Waals surface area (Å²) in [6.45, 7) is 6.05. The predicted molar refractivity (Wildman–Crippen MR) is 129 cm³/mol. The van der Waals surface area contributed by atoms with Crippen molar-refractivity contribution < 1.29 is 19.4 Å². The Kier molecular flexibility index (Phi) is 6.99. The van der Waals surface area contributed by atoms with Gasteiger partial charge in [0.15, 0.2) is 0 Å². The SMILES string of the molecule is CCC(O)C(NC(=O)OCC1c2ccccc2-c2ccccc21)c1ccc(OC(C)C)cc1. The Morgan fingerprint density at radius 1 is 0.939 bits per heavy atom. The van der Waals surface area contributed by atoms with Crippen LogP contribution in [0.4, 0.5) is 4.79 Å². The maximum atomic E-state index is 12.8. The minimum absolute atomic E-state index is 0.00911. The summed E-state index contributed by atoms with van der Waals surface area (Å²) in [5, 5.41) is 13.4. The second-order valence-electron chi connectivity index (χ2n) is 8.66. The van der Waals surface area contributed by atoms with Crippen LogP contribution in [0.5, 0.6) is 5.75 Å². The maximum Gasteiger partial charge on any atom is 0.407 e. The summed E-state index contributed by atoms with van der Waals surface area (Å²) in [5.41, 5.74) is 5.50. The zero-order valence-electron chi connectivity index (χ0n) is 19.3. The molecule has 33 heavy (non-hydrogen) atoms. The molecule has 0 aromatic heterocycles. The highest BCUT2D eigenvalue weighted by molar-refractivity contribution is 5.79. The monoisotopic (exact) mass is 445 g/mol. The van der Waals surface area contributed by atoms with Gasteiger partial charge in [-0.25, -0.2) is 4.79 Å². The third kappa shape index (κ3) is 5.04. The second-order valence-corrected chi connectivity index (χ2v) is 8.66. The lowest BCUT2D eigenvalue weighted by Gasteiger charge is -2.24. The zero-order valence-corrected chi connectivity index (χ0v) is 19.3. The molecule has 0 saturated carbocycles. The molecule has 2 atom stereocenters. The molecule has 0 heterocycles. The van der Waals surface area contributed by atoms with E-state index < -0.39 is 18.2 Å². The van der Waals surface area contributed by atoms with Crippen molar-refractivity contribution in [2.45, 2.75) is 51.4 Å². The van der Waals surface area contributed by atoms with E-state index in [4.69, 9.17) is 9.47 Å². The van der Waals surface area contributed by atoms with Gasteiger partial charge in [-0.1, -0.05) is 67.6 Å². The van der Waals surface area contributed by atoms with Gasteiger partial charge in [-0.3, -0.25) is 0 Å². The first-order valence-corrected chi connectivity index (χ1v) is 11.5. The number of carbonyl (C=O) groups is 1. The molecule has 1 amide bonds. The fourth-order valence-corrected chi connectivity index (χ4v) is 4.43. The van der Waals surface area contributed by atoms with E-state index in [9.17, 15) is 9.90 Å². The molecule has 5 nitrogen and oxygen atoms in total.